The number of carbonyl (C=O) groups is 1. The van der Waals surface area contributed by atoms with Crippen molar-refractivity contribution in [2.45, 2.75) is 63.6 Å². The van der Waals surface area contributed by atoms with Crippen LogP contribution in [0.2, 0.25) is 0 Å². The Hall–Kier alpha value is -5.30. The molecule has 0 unspecified atom stereocenters. The summed E-state index contributed by atoms with van der Waals surface area (Å²) in [5.41, 5.74) is 4.36. The van der Waals surface area contributed by atoms with Crippen molar-refractivity contribution in [2.75, 3.05) is 13.1 Å². The molecule has 50 heavy (non-hydrogen) atoms. The fourth-order valence-electron chi connectivity index (χ4n) is 6.21. The van der Waals surface area contributed by atoms with Crippen LogP contribution < -0.4 is 0 Å². The number of piperidine rings is 1. The molecule has 2 aromatic carbocycles. The number of halogens is 1. The van der Waals surface area contributed by atoms with Crippen molar-refractivity contribution < 1.29 is 22.3 Å². The quantitative estimate of drug-likeness (QED) is 0.175. The minimum atomic E-state index is -3.99. The second-order valence-electron chi connectivity index (χ2n) is 13.7. The molecular formula is C37H38FN7O4S. The molecule has 1 aliphatic rings. The standard InChI is InChI=1S/C37H38FN7O4S/c1-25-8-10-32(11-9-25)50(47,48)45-24-34(29-20-40-43(22-29)21-26-6-5-7-30(38)16-26)33-17-27(18-39-35(33)45)28-19-41-44(23-28)31-12-14-42(15-13-31)36(46)49-37(2,3)4/h5-11,16-20,22-24,31H,12-15,21H2,1-4H3. The first-order valence-electron chi connectivity index (χ1n) is 16.5. The van der Waals surface area contributed by atoms with Crippen LogP contribution in [-0.2, 0) is 21.3 Å². The Balaban J connectivity index is 1.21. The first-order valence-corrected chi connectivity index (χ1v) is 17.9. The molecule has 1 aliphatic heterocycles. The highest BCUT2D eigenvalue weighted by Gasteiger charge is 2.28. The lowest BCUT2D eigenvalue weighted by Gasteiger charge is -2.33. The number of benzene rings is 2. The number of pyridine rings is 1. The summed E-state index contributed by atoms with van der Waals surface area (Å²) in [5, 5.41) is 9.79. The maximum absolute atomic E-state index is 14.0. The smallest absolute Gasteiger partial charge is 0.410 e. The van der Waals surface area contributed by atoms with Crippen molar-refractivity contribution in [3.63, 3.8) is 0 Å². The second kappa shape index (κ2) is 12.9. The van der Waals surface area contributed by atoms with Crippen molar-refractivity contribution in [1.29, 1.82) is 0 Å². The zero-order valence-corrected chi connectivity index (χ0v) is 29.1. The zero-order chi connectivity index (χ0) is 35.2. The third-order valence-corrected chi connectivity index (χ3v) is 10.5. The van der Waals surface area contributed by atoms with E-state index in [9.17, 15) is 17.6 Å². The van der Waals surface area contributed by atoms with Gasteiger partial charge in [0.25, 0.3) is 10.0 Å². The number of fused-ring (bicyclic) bond motifs is 1. The van der Waals surface area contributed by atoms with E-state index in [1.807, 2.05) is 56.9 Å². The van der Waals surface area contributed by atoms with Crippen molar-refractivity contribution in [3.05, 3.63) is 109 Å². The summed E-state index contributed by atoms with van der Waals surface area (Å²) >= 11 is 0. The van der Waals surface area contributed by atoms with Gasteiger partial charge in [-0.25, -0.2) is 26.6 Å². The molecule has 6 aromatic rings. The lowest BCUT2D eigenvalue weighted by Crippen LogP contribution is -2.42. The molecule has 0 aliphatic carbocycles. The molecule has 0 radical (unpaired) electrons. The van der Waals surface area contributed by atoms with Crippen LogP contribution in [0.3, 0.4) is 0 Å². The number of ether oxygens (including phenoxy) is 1. The van der Waals surface area contributed by atoms with Gasteiger partial charge in [0, 0.05) is 65.5 Å². The summed E-state index contributed by atoms with van der Waals surface area (Å²) in [7, 11) is -3.99. The Kier molecular flexibility index (Phi) is 8.54. The SMILES string of the molecule is Cc1ccc(S(=O)(=O)n2cc(-c3cnn(Cc4cccc(F)c4)c3)c3cc(-c4cnn(C5CCN(C(=O)OC(C)(C)C)CC5)c4)cnc32)cc1. The summed E-state index contributed by atoms with van der Waals surface area (Å²) in [6.07, 6.45) is 11.6. The predicted octanol–water partition coefficient (Wildman–Crippen LogP) is 7.07. The maximum atomic E-state index is 14.0. The molecule has 11 nitrogen and oxygen atoms in total. The van der Waals surface area contributed by atoms with Gasteiger partial charge in [0.15, 0.2) is 5.65 Å². The molecule has 1 fully saturated rings. The van der Waals surface area contributed by atoms with Crippen molar-refractivity contribution in [3.8, 4) is 22.3 Å². The van der Waals surface area contributed by atoms with Crippen LogP contribution in [0.1, 0.15) is 50.8 Å². The fraction of sp³-hybridized carbons (Fsp3) is 0.297. The Morgan fingerprint density at radius 2 is 1.66 bits per heavy atom. The van der Waals surface area contributed by atoms with Gasteiger partial charge in [0.2, 0.25) is 0 Å². The largest absolute Gasteiger partial charge is 0.444 e. The normalized spacial score (nSPS) is 14.4. The molecule has 4 aromatic heterocycles. The molecule has 5 heterocycles. The van der Waals surface area contributed by atoms with E-state index in [2.05, 4.69) is 10.2 Å². The van der Waals surface area contributed by atoms with E-state index in [1.54, 1.807) is 64.7 Å². The number of hydrogen-bond donors (Lipinski definition) is 0. The number of rotatable bonds is 7. The van der Waals surface area contributed by atoms with Gasteiger partial charge in [-0.15, -0.1) is 0 Å². The average molecular weight is 696 g/mol. The zero-order valence-electron chi connectivity index (χ0n) is 28.3. The summed E-state index contributed by atoms with van der Waals surface area (Å²) in [4.78, 5) is 19.1. The minimum Gasteiger partial charge on any atom is -0.444 e. The first kappa shape index (κ1) is 33.2. The van der Waals surface area contributed by atoms with Crippen LogP contribution in [0, 0.1) is 12.7 Å². The van der Waals surface area contributed by atoms with Crippen LogP contribution in [0.4, 0.5) is 9.18 Å². The number of aromatic nitrogens is 6. The van der Waals surface area contributed by atoms with Gasteiger partial charge >= 0.3 is 6.09 Å². The van der Waals surface area contributed by atoms with Crippen LogP contribution >= 0.6 is 0 Å². The number of aryl methyl sites for hydroxylation is 1. The first-order chi connectivity index (χ1) is 23.8. The van der Waals surface area contributed by atoms with E-state index in [-0.39, 0.29) is 28.5 Å². The molecule has 258 valence electrons. The molecule has 13 heteroatoms. The molecule has 0 saturated carbocycles. The van der Waals surface area contributed by atoms with E-state index in [0.717, 1.165) is 35.1 Å². The monoisotopic (exact) mass is 695 g/mol. The summed E-state index contributed by atoms with van der Waals surface area (Å²) in [5.74, 6) is -0.326. The van der Waals surface area contributed by atoms with Gasteiger partial charge < -0.3 is 9.64 Å². The fourth-order valence-corrected chi connectivity index (χ4v) is 7.54. The number of hydrogen-bond acceptors (Lipinski definition) is 7. The predicted molar refractivity (Wildman–Crippen MR) is 188 cm³/mol. The summed E-state index contributed by atoms with van der Waals surface area (Å²) in [6, 6.07) is 15.1. The minimum absolute atomic E-state index is 0.111. The molecule has 1 saturated heterocycles. The number of nitrogens with zero attached hydrogens (tertiary/aromatic N) is 7. The Bertz CT molecular complexity index is 2290. The molecule has 0 atom stereocenters. The lowest BCUT2D eigenvalue weighted by atomic mass is 10.0. The van der Waals surface area contributed by atoms with E-state index in [1.165, 1.54) is 16.1 Å². The number of amides is 1. The molecule has 0 N–H and O–H groups in total. The van der Waals surface area contributed by atoms with Gasteiger partial charge in [-0.1, -0.05) is 29.8 Å². The third-order valence-electron chi connectivity index (χ3n) is 8.79. The topological polar surface area (TPSA) is 117 Å². The van der Waals surface area contributed by atoms with Crippen molar-refractivity contribution in [2.24, 2.45) is 0 Å². The average Bonchev–Trinajstić information content (AvgIpc) is 3.83. The van der Waals surface area contributed by atoms with Gasteiger partial charge in [0.05, 0.1) is 29.9 Å². The van der Waals surface area contributed by atoms with Gasteiger partial charge in [-0.3, -0.25) is 9.36 Å². The van der Waals surface area contributed by atoms with E-state index in [4.69, 9.17) is 9.72 Å². The Morgan fingerprint density at radius 3 is 2.38 bits per heavy atom. The van der Waals surface area contributed by atoms with Crippen molar-refractivity contribution >= 4 is 27.1 Å². The van der Waals surface area contributed by atoms with Crippen LogP contribution in [0.5, 0.6) is 0 Å². The van der Waals surface area contributed by atoms with Crippen LogP contribution in [-0.4, -0.2) is 66.6 Å². The maximum Gasteiger partial charge on any atom is 0.410 e. The van der Waals surface area contributed by atoms with E-state index < -0.39 is 15.6 Å². The summed E-state index contributed by atoms with van der Waals surface area (Å²) in [6.45, 7) is 8.97. The van der Waals surface area contributed by atoms with Crippen LogP contribution in [0.15, 0.2) is 96.7 Å². The molecule has 0 bridgehead atoms. The molecule has 0 spiro atoms. The highest BCUT2D eigenvalue weighted by molar-refractivity contribution is 7.90. The second-order valence-corrected chi connectivity index (χ2v) is 15.5. The summed E-state index contributed by atoms with van der Waals surface area (Å²) < 4.78 is 52.2. The lowest BCUT2D eigenvalue weighted by molar-refractivity contribution is 0.0184. The Labute approximate surface area is 290 Å². The highest BCUT2D eigenvalue weighted by atomic mass is 32.2. The van der Waals surface area contributed by atoms with Crippen LogP contribution in [0.25, 0.3) is 33.3 Å². The van der Waals surface area contributed by atoms with Gasteiger partial charge in [-0.05, 0) is 76.4 Å². The van der Waals surface area contributed by atoms with E-state index in [0.29, 0.717) is 36.1 Å². The van der Waals surface area contributed by atoms with E-state index >= 15 is 0 Å². The molecular weight excluding hydrogens is 658 g/mol. The molecule has 7 rings (SSSR count). The van der Waals surface area contributed by atoms with Crippen molar-refractivity contribution in [1.82, 2.24) is 33.4 Å². The number of likely N-dealkylation sites (tertiary alicyclic amines) is 1. The third kappa shape index (κ3) is 6.77. The highest BCUT2D eigenvalue weighted by Crippen LogP contribution is 2.35. The van der Waals surface area contributed by atoms with Gasteiger partial charge in [0.1, 0.15) is 11.4 Å². The molecule has 1 amide bonds. The number of carbonyl (C=O) groups excluding carboxylic acids is 1. The van der Waals surface area contributed by atoms with Gasteiger partial charge in [-0.2, -0.15) is 10.2 Å². The Morgan fingerprint density at radius 1 is 0.920 bits per heavy atom.